The van der Waals surface area contributed by atoms with Gasteiger partial charge in [0, 0.05) is 12.8 Å². The van der Waals surface area contributed by atoms with Crippen molar-refractivity contribution in [2.75, 3.05) is 0 Å². The van der Waals surface area contributed by atoms with Crippen molar-refractivity contribution >= 4 is 43.1 Å². The highest BCUT2D eigenvalue weighted by Crippen LogP contribution is 2.25. The summed E-state index contributed by atoms with van der Waals surface area (Å²) in [6.45, 7) is 0. The first-order chi connectivity index (χ1) is 9.88. The molecule has 20 heavy (non-hydrogen) atoms. The molecule has 0 radical (unpaired) electrons. The molecule has 0 bridgehead atoms. The molecular formula is C16H12N2S2. The Hall–Kier alpha value is -1.78. The lowest BCUT2D eigenvalue weighted by atomic mass is 10.3. The molecule has 4 heteroatoms. The van der Waals surface area contributed by atoms with Gasteiger partial charge < -0.3 is 0 Å². The Bertz CT molecular complexity index is 736. The quantitative estimate of drug-likeness (QED) is 0.548. The minimum atomic E-state index is 0.971. The van der Waals surface area contributed by atoms with Gasteiger partial charge in [0.15, 0.2) is 0 Å². The summed E-state index contributed by atoms with van der Waals surface area (Å²) in [5, 5.41) is 2.40. The molecule has 0 fully saturated rings. The molecule has 4 aromatic rings. The predicted molar refractivity (Wildman–Crippen MR) is 86.6 cm³/mol. The Balaban J connectivity index is 1.57. The Kier molecular flexibility index (Phi) is 2.98. The summed E-state index contributed by atoms with van der Waals surface area (Å²) in [5.41, 5.74) is 2.22. The van der Waals surface area contributed by atoms with E-state index in [2.05, 4.69) is 46.4 Å². The van der Waals surface area contributed by atoms with Crippen LogP contribution in [0.3, 0.4) is 0 Å². The maximum Gasteiger partial charge on any atom is 0.0942 e. The van der Waals surface area contributed by atoms with Gasteiger partial charge in [0.05, 0.1) is 30.4 Å². The zero-order valence-electron chi connectivity index (χ0n) is 10.7. The fourth-order valence-electron chi connectivity index (χ4n) is 2.27. The van der Waals surface area contributed by atoms with Crippen LogP contribution in [0.2, 0.25) is 0 Å². The first-order valence-corrected chi connectivity index (χ1v) is 8.21. The largest absolute Gasteiger partial charge is 0.241 e. The fraction of sp³-hybridized carbons (Fsp3) is 0.125. The van der Waals surface area contributed by atoms with Crippen LogP contribution in [0.15, 0.2) is 48.5 Å². The molecule has 0 saturated heterocycles. The van der Waals surface area contributed by atoms with Gasteiger partial charge in [-0.2, -0.15) is 0 Å². The number of fused-ring (bicyclic) bond motifs is 2. The standard InChI is InChI=1S/C16H12N2S2/c1-3-7-13-11(5-1)17-15(19-13)9-10-16-18-12-6-2-4-8-14(12)20-16/h1-8H,9-10H2. The van der Waals surface area contributed by atoms with E-state index < -0.39 is 0 Å². The van der Waals surface area contributed by atoms with Crippen molar-refractivity contribution in [3.05, 3.63) is 58.5 Å². The third-order valence-electron chi connectivity index (χ3n) is 3.23. The van der Waals surface area contributed by atoms with Crippen LogP contribution in [0.1, 0.15) is 10.0 Å². The maximum atomic E-state index is 4.68. The molecular weight excluding hydrogens is 284 g/mol. The van der Waals surface area contributed by atoms with Crippen LogP contribution in [0.25, 0.3) is 20.4 Å². The normalized spacial score (nSPS) is 11.4. The van der Waals surface area contributed by atoms with Crippen LogP contribution in [0.4, 0.5) is 0 Å². The number of hydrogen-bond acceptors (Lipinski definition) is 4. The van der Waals surface area contributed by atoms with Crippen molar-refractivity contribution < 1.29 is 0 Å². The number of para-hydroxylation sites is 2. The Morgan fingerprint density at radius 1 is 0.650 bits per heavy atom. The first-order valence-electron chi connectivity index (χ1n) is 6.57. The highest BCUT2D eigenvalue weighted by molar-refractivity contribution is 7.19. The monoisotopic (exact) mass is 296 g/mol. The Morgan fingerprint density at radius 2 is 1.10 bits per heavy atom. The molecule has 2 aromatic heterocycles. The van der Waals surface area contributed by atoms with Gasteiger partial charge in [0.2, 0.25) is 0 Å². The van der Waals surface area contributed by atoms with Gasteiger partial charge in [-0.15, -0.1) is 22.7 Å². The van der Waals surface area contributed by atoms with E-state index in [4.69, 9.17) is 0 Å². The van der Waals surface area contributed by atoms with Crippen LogP contribution in [-0.4, -0.2) is 9.97 Å². The minimum Gasteiger partial charge on any atom is -0.241 e. The van der Waals surface area contributed by atoms with Gasteiger partial charge >= 0.3 is 0 Å². The van der Waals surface area contributed by atoms with E-state index in [-0.39, 0.29) is 0 Å². The third kappa shape index (κ3) is 2.21. The van der Waals surface area contributed by atoms with E-state index in [0.29, 0.717) is 0 Å². The average Bonchev–Trinajstić information content (AvgIpc) is 3.07. The van der Waals surface area contributed by atoms with Gasteiger partial charge in [-0.1, -0.05) is 24.3 Å². The van der Waals surface area contributed by atoms with E-state index in [1.165, 1.54) is 19.4 Å². The summed E-state index contributed by atoms with van der Waals surface area (Å²) in [7, 11) is 0. The molecule has 0 N–H and O–H groups in total. The SMILES string of the molecule is c1ccc2sc(CCc3nc4ccccc4s3)nc2c1. The highest BCUT2D eigenvalue weighted by Gasteiger charge is 2.06. The molecule has 4 rings (SSSR count). The number of hydrogen-bond donors (Lipinski definition) is 0. The van der Waals surface area contributed by atoms with E-state index in [1.54, 1.807) is 22.7 Å². The van der Waals surface area contributed by atoms with Crippen LogP contribution >= 0.6 is 22.7 Å². The highest BCUT2D eigenvalue weighted by atomic mass is 32.1. The Labute approximate surface area is 124 Å². The molecule has 0 spiro atoms. The molecule has 0 aliphatic carbocycles. The minimum absolute atomic E-state index is 0.971. The molecule has 2 heterocycles. The Morgan fingerprint density at radius 3 is 1.55 bits per heavy atom. The number of benzene rings is 2. The summed E-state index contributed by atoms with van der Waals surface area (Å²) in [4.78, 5) is 9.35. The number of aromatic nitrogens is 2. The van der Waals surface area contributed by atoms with Gasteiger partial charge in [0.25, 0.3) is 0 Å². The smallest absolute Gasteiger partial charge is 0.0942 e. The molecule has 2 nitrogen and oxygen atoms in total. The lowest BCUT2D eigenvalue weighted by Crippen LogP contribution is -1.89. The number of rotatable bonds is 3. The summed E-state index contributed by atoms with van der Waals surface area (Å²) in [6, 6.07) is 16.6. The van der Waals surface area contributed by atoms with Gasteiger partial charge in [0.1, 0.15) is 0 Å². The van der Waals surface area contributed by atoms with Crippen molar-refractivity contribution in [2.24, 2.45) is 0 Å². The van der Waals surface area contributed by atoms with Crippen LogP contribution in [0.5, 0.6) is 0 Å². The van der Waals surface area contributed by atoms with Crippen LogP contribution < -0.4 is 0 Å². The topological polar surface area (TPSA) is 25.8 Å². The number of thiazole rings is 2. The molecule has 0 aliphatic rings. The molecule has 0 unspecified atom stereocenters. The van der Waals surface area contributed by atoms with Crippen molar-refractivity contribution in [3.8, 4) is 0 Å². The molecule has 0 atom stereocenters. The van der Waals surface area contributed by atoms with Gasteiger partial charge in [-0.05, 0) is 24.3 Å². The average molecular weight is 296 g/mol. The predicted octanol–water partition coefficient (Wildman–Crippen LogP) is 4.69. The van der Waals surface area contributed by atoms with E-state index >= 15 is 0 Å². The van der Waals surface area contributed by atoms with Crippen LogP contribution in [-0.2, 0) is 12.8 Å². The number of nitrogens with zero attached hydrogens (tertiary/aromatic N) is 2. The second-order valence-corrected chi connectivity index (χ2v) is 6.88. The summed E-state index contributed by atoms with van der Waals surface area (Å²) >= 11 is 3.58. The number of aryl methyl sites for hydroxylation is 2. The summed E-state index contributed by atoms with van der Waals surface area (Å²) < 4.78 is 2.54. The zero-order valence-corrected chi connectivity index (χ0v) is 12.4. The summed E-state index contributed by atoms with van der Waals surface area (Å²) in [6.07, 6.45) is 1.94. The van der Waals surface area contributed by atoms with Crippen LogP contribution in [0, 0.1) is 0 Å². The van der Waals surface area contributed by atoms with Crippen molar-refractivity contribution in [3.63, 3.8) is 0 Å². The van der Waals surface area contributed by atoms with E-state index in [0.717, 1.165) is 23.9 Å². The van der Waals surface area contributed by atoms with Crippen molar-refractivity contribution in [2.45, 2.75) is 12.8 Å². The van der Waals surface area contributed by atoms with Gasteiger partial charge in [-0.25, -0.2) is 9.97 Å². The summed E-state index contributed by atoms with van der Waals surface area (Å²) in [5.74, 6) is 0. The van der Waals surface area contributed by atoms with Crippen molar-refractivity contribution in [1.29, 1.82) is 0 Å². The lowest BCUT2D eigenvalue weighted by molar-refractivity contribution is 0.939. The van der Waals surface area contributed by atoms with Gasteiger partial charge in [-0.3, -0.25) is 0 Å². The fourth-order valence-corrected chi connectivity index (χ4v) is 4.20. The lowest BCUT2D eigenvalue weighted by Gasteiger charge is -1.91. The first kappa shape index (κ1) is 12.0. The van der Waals surface area contributed by atoms with E-state index in [1.807, 2.05) is 12.1 Å². The molecule has 2 aromatic carbocycles. The second-order valence-electron chi connectivity index (χ2n) is 4.65. The second kappa shape index (κ2) is 4.96. The zero-order chi connectivity index (χ0) is 13.4. The third-order valence-corrected chi connectivity index (χ3v) is 5.42. The van der Waals surface area contributed by atoms with E-state index in [9.17, 15) is 0 Å². The molecule has 0 saturated carbocycles. The molecule has 0 amide bonds. The molecule has 98 valence electrons. The van der Waals surface area contributed by atoms with Crippen molar-refractivity contribution in [1.82, 2.24) is 9.97 Å². The maximum absolute atomic E-state index is 4.68. The molecule has 0 aliphatic heterocycles.